The molecule has 11 nitrogen and oxygen atoms in total. The quantitative estimate of drug-likeness (QED) is 0.0801. The maximum atomic E-state index is 11.5. The number of benzene rings is 2. The summed E-state index contributed by atoms with van der Waals surface area (Å²) in [5, 5.41) is 3.84. The van der Waals surface area contributed by atoms with Crippen LogP contribution < -0.4 is 0 Å². The van der Waals surface area contributed by atoms with Crippen LogP contribution in [0, 0.1) is 11.8 Å². The van der Waals surface area contributed by atoms with Crippen molar-refractivity contribution in [3.8, 4) is 0 Å². The van der Waals surface area contributed by atoms with Crippen molar-refractivity contribution in [1.82, 2.24) is 0 Å². The van der Waals surface area contributed by atoms with Gasteiger partial charge in [0.25, 0.3) is 20.2 Å². The molecule has 0 aliphatic carbocycles. The number of carbonyl (C=O) groups is 1. The molecule has 0 unspecified atom stereocenters. The molecule has 2 aromatic carbocycles. The van der Waals surface area contributed by atoms with Gasteiger partial charge in [-0.3, -0.25) is 8.37 Å². The van der Waals surface area contributed by atoms with Crippen molar-refractivity contribution in [3.05, 3.63) is 71.8 Å². The molecular formula is C33H51NO10S2. The average Bonchev–Trinajstić information content (AvgIpc) is 3.02. The monoisotopic (exact) mass is 685 g/mol. The highest BCUT2D eigenvalue weighted by molar-refractivity contribution is 7.86. The van der Waals surface area contributed by atoms with Gasteiger partial charge < -0.3 is 19.1 Å². The van der Waals surface area contributed by atoms with Gasteiger partial charge in [-0.15, -0.1) is 0 Å². The maximum Gasteiger partial charge on any atom is 0.264 e. The molecule has 0 saturated heterocycles. The Hall–Kier alpha value is -2.68. The smallest absolute Gasteiger partial charge is 0.264 e. The normalized spacial score (nSPS) is 17.4. The zero-order valence-corrected chi connectivity index (χ0v) is 30.0. The average molecular weight is 686 g/mol. The van der Waals surface area contributed by atoms with Crippen molar-refractivity contribution in [2.75, 3.05) is 19.6 Å². The summed E-state index contributed by atoms with van der Waals surface area (Å²) in [7, 11) is -5.70. The number of oxime groups is 1. The second-order valence-corrected chi connectivity index (χ2v) is 14.7. The van der Waals surface area contributed by atoms with Gasteiger partial charge in [0.2, 0.25) is 0 Å². The molecule has 0 heterocycles. The fraction of sp³-hybridized carbons (Fsp3) is 0.576. The lowest BCUT2D eigenvalue weighted by Crippen LogP contribution is -2.45. The van der Waals surface area contributed by atoms with E-state index >= 15 is 0 Å². The van der Waals surface area contributed by atoms with Crippen molar-refractivity contribution < 1.29 is 44.3 Å². The standard InChI is InChI=1S/C17H27NO5S.C16H24O5S/c1-6-16(23-24(5,19)20)14(2)17(3,13-18-21-4)22-12-15-10-8-7-9-11-15;1-5-15(21-22(4,18)19)13(2)16(3,12-17)20-11-14-9-7-6-8-10-14/h7-11,13-14,16H,6,12H2,1-5H3;6-10,12-13,15H,5,11H2,1-4H3/b18-13+;/t14-,16-,17+;13-,15+,16+/m11/s1. The molecule has 0 aliphatic rings. The van der Waals surface area contributed by atoms with Crippen LogP contribution in [-0.4, -0.2) is 72.4 Å². The number of hydrogen-bond acceptors (Lipinski definition) is 11. The first-order valence-corrected chi connectivity index (χ1v) is 18.7. The van der Waals surface area contributed by atoms with Gasteiger partial charge in [-0.1, -0.05) is 93.5 Å². The van der Waals surface area contributed by atoms with Gasteiger partial charge in [0.15, 0.2) is 6.29 Å². The van der Waals surface area contributed by atoms with E-state index in [2.05, 4.69) is 5.16 Å². The SMILES string of the molecule is CC[C@@H](OS(C)(=O)=O)[C@@H](C)[C@](C)(/C=N/OC)OCc1ccccc1.CC[C@H](OS(C)(=O)=O)[C@@H](C)[C@](C)(C=O)OCc1ccccc1. The van der Waals surface area contributed by atoms with E-state index in [9.17, 15) is 21.6 Å². The lowest BCUT2D eigenvalue weighted by molar-refractivity contribution is -0.144. The molecule has 0 spiro atoms. The molecule has 0 saturated carbocycles. The minimum absolute atomic E-state index is 0.264. The van der Waals surface area contributed by atoms with Gasteiger partial charge in [-0.2, -0.15) is 16.8 Å². The minimum Gasteiger partial charge on any atom is -0.399 e. The molecule has 0 N–H and O–H groups in total. The highest BCUT2D eigenvalue weighted by atomic mass is 32.2. The van der Waals surface area contributed by atoms with E-state index in [4.69, 9.17) is 22.7 Å². The summed E-state index contributed by atoms with van der Waals surface area (Å²) >= 11 is 0. The van der Waals surface area contributed by atoms with E-state index in [1.54, 1.807) is 20.1 Å². The van der Waals surface area contributed by atoms with E-state index in [0.29, 0.717) is 19.4 Å². The third-order valence-corrected chi connectivity index (χ3v) is 8.95. The Balaban J connectivity index is 0.000000462. The highest BCUT2D eigenvalue weighted by Gasteiger charge is 2.39. The fourth-order valence-electron chi connectivity index (χ4n) is 4.54. The van der Waals surface area contributed by atoms with Gasteiger partial charge in [0, 0.05) is 11.8 Å². The Bertz CT molecular complexity index is 1400. The van der Waals surface area contributed by atoms with Crippen LogP contribution >= 0.6 is 0 Å². The summed E-state index contributed by atoms with van der Waals surface area (Å²) in [4.78, 5) is 16.3. The molecule has 46 heavy (non-hydrogen) atoms. The maximum absolute atomic E-state index is 11.5. The second kappa shape index (κ2) is 19.2. The van der Waals surface area contributed by atoms with Crippen LogP contribution in [-0.2, 0) is 60.9 Å². The van der Waals surface area contributed by atoms with E-state index in [1.165, 1.54) is 7.11 Å². The first-order valence-electron chi connectivity index (χ1n) is 15.1. The third-order valence-electron chi connectivity index (χ3n) is 7.76. The zero-order valence-electron chi connectivity index (χ0n) is 28.4. The van der Waals surface area contributed by atoms with Crippen molar-refractivity contribution in [1.29, 1.82) is 0 Å². The fourth-order valence-corrected chi connectivity index (χ4v) is 6.04. The van der Waals surface area contributed by atoms with Crippen molar-refractivity contribution >= 4 is 32.7 Å². The van der Waals surface area contributed by atoms with E-state index in [-0.39, 0.29) is 12.5 Å². The minimum atomic E-state index is -3.59. The predicted molar refractivity (Wildman–Crippen MR) is 179 cm³/mol. The summed E-state index contributed by atoms with van der Waals surface area (Å²) in [6.45, 7) is 11.5. The van der Waals surface area contributed by atoms with Crippen LogP contribution in [0.2, 0.25) is 0 Å². The molecule has 0 radical (unpaired) electrons. The summed E-state index contributed by atoms with van der Waals surface area (Å²) in [6.07, 6.45) is 4.18. The lowest BCUT2D eigenvalue weighted by Gasteiger charge is -2.36. The highest BCUT2D eigenvalue weighted by Crippen LogP contribution is 2.30. The van der Waals surface area contributed by atoms with Crippen LogP contribution in [0.15, 0.2) is 65.8 Å². The van der Waals surface area contributed by atoms with Gasteiger partial charge >= 0.3 is 0 Å². The van der Waals surface area contributed by atoms with E-state index in [0.717, 1.165) is 29.9 Å². The number of ether oxygens (including phenoxy) is 2. The molecule has 2 aromatic rings. The molecule has 2 rings (SSSR count). The molecule has 13 heteroatoms. The molecule has 6 atom stereocenters. The molecular weight excluding hydrogens is 634 g/mol. The predicted octanol–water partition coefficient (Wildman–Crippen LogP) is 5.54. The topological polar surface area (TPSA) is 144 Å². The number of hydrogen-bond donors (Lipinski definition) is 0. The molecule has 0 aromatic heterocycles. The largest absolute Gasteiger partial charge is 0.399 e. The van der Waals surface area contributed by atoms with Crippen LogP contribution in [0.5, 0.6) is 0 Å². The zero-order chi connectivity index (χ0) is 35.0. The Morgan fingerprint density at radius 3 is 1.41 bits per heavy atom. The Labute approximate surface area is 275 Å². The summed E-state index contributed by atoms with van der Waals surface area (Å²) in [5.74, 6) is -0.673. The van der Waals surface area contributed by atoms with Gasteiger partial charge in [-0.05, 0) is 37.8 Å². The third kappa shape index (κ3) is 14.8. The van der Waals surface area contributed by atoms with Crippen LogP contribution in [0.3, 0.4) is 0 Å². The Kier molecular flexibility index (Phi) is 17.3. The molecule has 260 valence electrons. The first kappa shape index (κ1) is 41.3. The summed E-state index contributed by atoms with van der Waals surface area (Å²) in [6, 6.07) is 19.2. The van der Waals surface area contributed by atoms with E-state index < -0.39 is 49.6 Å². The Morgan fingerprint density at radius 1 is 0.717 bits per heavy atom. The summed E-state index contributed by atoms with van der Waals surface area (Å²) in [5.41, 5.74) is -0.0167. The molecule has 0 fully saturated rings. The van der Waals surface area contributed by atoms with Gasteiger partial charge in [-0.25, -0.2) is 0 Å². The van der Waals surface area contributed by atoms with Gasteiger partial charge in [0.05, 0.1) is 44.1 Å². The molecule has 0 amide bonds. The molecule has 0 aliphatic heterocycles. The lowest BCUT2D eigenvalue weighted by atomic mass is 9.85. The van der Waals surface area contributed by atoms with Crippen LogP contribution in [0.1, 0.15) is 65.5 Å². The van der Waals surface area contributed by atoms with Crippen LogP contribution in [0.25, 0.3) is 0 Å². The number of carbonyl (C=O) groups excluding carboxylic acids is 1. The first-order chi connectivity index (χ1) is 21.4. The van der Waals surface area contributed by atoms with E-state index in [1.807, 2.05) is 88.4 Å². The van der Waals surface area contributed by atoms with Gasteiger partial charge in [0.1, 0.15) is 18.3 Å². The number of aldehydes is 1. The van der Waals surface area contributed by atoms with Crippen molar-refractivity contribution in [2.45, 2.75) is 91.0 Å². The number of nitrogens with zero attached hydrogens (tertiary/aromatic N) is 1. The summed E-state index contributed by atoms with van der Waals surface area (Å²) < 4.78 is 67.9. The second-order valence-electron chi connectivity index (χ2n) is 11.5. The van der Waals surface area contributed by atoms with Crippen molar-refractivity contribution in [3.63, 3.8) is 0 Å². The molecule has 0 bridgehead atoms. The Morgan fingerprint density at radius 2 is 1.09 bits per heavy atom. The van der Waals surface area contributed by atoms with Crippen LogP contribution in [0.4, 0.5) is 0 Å². The van der Waals surface area contributed by atoms with Crippen molar-refractivity contribution in [2.24, 2.45) is 17.0 Å². The number of rotatable bonds is 19.